The van der Waals surface area contributed by atoms with E-state index in [1.807, 2.05) is 12.1 Å². The first-order chi connectivity index (χ1) is 6.68. The molecular formula is C11H10NO2-. The van der Waals surface area contributed by atoms with Crippen molar-refractivity contribution in [2.75, 3.05) is 0 Å². The van der Waals surface area contributed by atoms with E-state index in [1.54, 1.807) is 31.5 Å². The molecule has 0 unspecified atom stereocenters. The maximum atomic E-state index is 10.2. The van der Waals surface area contributed by atoms with Gasteiger partial charge in [-0.05, 0) is 30.2 Å². The highest BCUT2D eigenvalue weighted by molar-refractivity contribution is 5.79. The van der Waals surface area contributed by atoms with Crippen LogP contribution in [0.2, 0.25) is 0 Å². The van der Waals surface area contributed by atoms with E-state index in [4.69, 9.17) is 0 Å². The molecule has 0 aliphatic heterocycles. The molecule has 0 saturated heterocycles. The zero-order chi connectivity index (χ0) is 10.4. The summed E-state index contributed by atoms with van der Waals surface area (Å²) in [5.74, 6) is -1.18. The van der Waals surface area contributed by atoms with Crippen LogP contribution >= 0.6 is 0 Å². The standard InChI is InChI=1S/C11H11NO2/c1-9(7-11(13)14)4-5-10-3-2-6-12-8-10/h2-8H,1H3,(H,13,14)/p-1. The molecule has 0 aromatic carbocycles. The Balaban J connectivity index is 2.70. The number of carbonyl (C=O) groups excluding carboxylic acids is 1. The van der Waals surface area contributed by atoms with Crippen molar-refractivity contribution in [2.24, 2.45) is 0 Å². The van der Waals surface area contributed by atoms with Gasteiger partial charge in [-0.15, -0.1) is 0 Å². The number of hydrogen-bond acceptors (Lipinski definition) is 3. The van der Waals surface area contributed by atoms with Gasteiger partial charge >= 0.3 is 0 Å². The Kier molecular flexibility index (Phi) is 3.61. The normalized spacial score (nSPS) is 11.9. The van der Waals surface area contributed by atoms with Gasteiger partial charge in [-0.3, -0.25) is 4.98 Å². The van der Waals surface area contributed by atoms with Crippen LogP contribution < -0.4 is 5.11 Å². The van der Waals surface area contributed by atoms with Crippen molar-refractivity contribution in [3.63, 3.8) is 0 Å². The van der Waals surface area contributed by atoms with Crippen molar-refractivity contribution >= 4 is 12.0 Å². The second-order valence-electron chi connectivity index (χ2n) is 2.83. The maximum Gasteiger partial charge on any atom is 0.0645 e. The fraction of sp³-hybridized carbons (Fsp3) is 0.0909. The maximum absolute atomic E-state index is 10.2. The highest BCUT2D eigenvalue weighted by Gasteiger charge is 1.85. The molecule has 1 rings (SSSR count). The zero-order valence-corrected chi connectivity index (χ0v) is 7.81. The van der Waals surface area contributed by atoms with Gasteiger partial charge in [-0.2, -0.15) is 0 Å². The first-order valence-corrected chi connectivity index (χ1v) is 4.16. The Morgan fingerprint density at radius 3 is 2.93 bits per heavy atom. The van der Waals surface area contributed by atoms with Crippen LogP contribution in [-0.2, 0) is 4.79 Å². The summed E-state index contributed by atoms with van der Waals surface area (Å²) >= 11 is 0. The number of carboxylic acids is 1. The van der Waals surface area contributed by atoms with Gasteiger partial charge in [0.1, 0.15) is 0 Å². The third kappa shape index (κ3) is 3.67. The van der Waals surface area contributed by atoms with E-state index < -0.39 is 5.97 Å². The fourth-order valence-electron chi connectivity index (χ4n) is 0.936. The summed E-state index contributed by atoms with van der Waals surface area (Å²) in [5, 5.41) is 10.2. The van der Waals surface area contributed by atoms with Crippen LogP contribution in [-0.4, -0.2) is 11.0 Å². The van der Waals surface area contributed by atoms with Crippen LogP contribution in [0.15, 0.2) is 42.3 Å². The van der Waals surface area contributed by atoms with E-state index in [9.17, 15) is 9.90 Å². The van der Waals surface area contributed by atoms with Crippen molar-refractivity contribution in [2.45, 2.75) is 6.92 Å². The van der Waals surface area contributed by atoms with E-state index in [0.29, 0.717) is 5.57 Å². The van der Waals surface area contributed by atoms with Crippen molar-refractivity contribution in [1.82, 2.24) is 4.98 Å². The van der Waals surface area contributed by atoms with Crippen LogP contribution in [0, 0.1) is 0 Å². The van der Waals surface area contributed by atoms with E-state index in [1.165, 1.54) is 0 Å². The zero-order valence-electron chi connectivity index (χ0n) is 7.81. The summed E-state index contributed by atoms with van der Waals surface area (Å²) in [6, 6.07) is 3.70. The minimum Gasteiger partial charge on any atom is -0.545 e. The Hall–Kier alpha value is -1.90. The third-order valence-corrected chi connectivity index (χ3v) is 1.57. The summed E-state index contributed by atoms with van der Waals surface area (Å²) in [6.07, 6.45) is 7.92. The lowest BCUT2D eigenvalue weighted by atomic mass is 10.2. The van der Waals surface area contributed by atoms with E-state index in [0.717, 1.165) is 11.6 Å². The van der Waals surface area contributed by atoms with Crippen LogP contribution in [0.4, 0.5) is 0 Å². The van der Waals surface area contributed by atoms with E-state index >= 15 is 0 Å². The predicted octanol–water partition coefficient (Wildman–Crippen LogP) is 0.791. The first kappa shape index (κ1) is 10.2. The van der Waals surface area contributed by atoms with Crippen LogP contribution in [0.3, 0.4) is 0 Å². The molecular weight excluding hydrogens is 178 g/mol. The van der Waals surface area contributed by atoms with Gasteiger partial charge in [-0.25, -0.2) is 0 Å². The number of pyridine rings is 1. The van der Waals surface area contributed by atoms with Gasteiger partial charge in [0.15, 0.2) is 0 Å². The molecule has 0 saturated carbocycles. The SMILES string of the molecule is CC(C=Cc1cccnc1)=CC(=O)[O-]. The minimum absolute atomic E-state index is 0.633. The van der Waals surface area contributed by atoms with Crippen LogP contribution in [0.1, 0.15) is 12.5 Å². The molecule has 0 fully saturated rings. The number of nitrogens with zero attached hydrogens (tertiary/aromatic N) is 1. The summed E-state index contributed by atoms with van der Waals surface area (Å²) in [4.78, 5) is 14.1. The number of rotatable bonds is 3. The lowest BCUT2D eigenvalue weighted by molar-refractivity contribution is -0.297. The lowest BCUT2D eigenvalue weighted by Crippen LogP contribution is -2.19. The smallest absolute Gasteiger partial charge is 0.0645 e. The lowest BCUT2D eigenvalue weighted by Gasteiger charge is -1.94. The van der Waals surface area contributed by atoms with Crippen molar-refractivity contribution in [3.8, 4) is 0 Å². The van der Waals surface area contributed by atoms with E-state index in [-0.39, 0.29) is 0 Å². The molecule has 0 spiro atoms. The Morgan fingerprint density at radius 2 is 2.36 bits per heavy atom. The molecule has 0 amide bonds. The Labute approximate surface area is 82.4 Å². The highest BCUT2D eigenvalue weighted by atomic mass is 16.4. The van der Waals surface area contributed by atoms with Gasteiger partial charge < -0.3 is 9.90 Å². The summed E-state index contributed by atoms with van der Waals surface area (Å²) in [7, 11) is 0. The molecule has 0 atom stereocenters. The molecule has 3 nitrogen and oxygen atoms in total. The quantitative estimate of drug-likeness (QED) is 0.520. The van der Waals surface area contributed by atoms with Gasteiger partial charge in [0, 0.05) is 12.4 Å². The van der Waals surface area contributed by atoms with Crippen molar-refractivity contribution in [3.05, 3.63) is 47.8 Å². The molecule has 1 heterocycles. The molecule has 3 heteroatoms. The number of allylic oxidation sites excluding steroid dienone is 2. The first-order valence-electron chi connectivity index (χ1n) is 4.16. The molecule has 0 aliphatic rings. The molecule has 72 valence electrons. The second-order valence-corrected chi connectivity index (χ2v) is 2.83. The fourth-order valence-corrected chi connectivity index (χ4v) is 0.936. The molecule has 0 radical (unpaired) electrons. The monoisotopic (exact) mass is 188 g/mol. The van der Waals surface area contributed by atoms with Gasteiger partial charge in [0.25, 0.3) is 0 Å². The van der Waals surface area contributed by atoms with Crippen molar-refractivity contribution in [1.29, 1.82) is 0 Å². The van der Waals surface area contributed by atoms with Gasteiger partial charge in [0.2, 0.25) is 0 Å². The van der Waals surface area contributed by atoms with Crippen LogP contribution in [0.5, 0.6) is 0 Å². The molecule has 14 heavy (non-hydrogen) atoms. The highest BCUT2D eigenvalue weighted by Crippen LogP contribution is 2.02. The average molecular weight is 188 g/mol. The van der Waals surface area contributed by atoms with E-state index in [2.05, 4.69) is 4.98 Å². The topological polar surface area (TPSA) is 53.0 Å². The second kappa shape index (κ2) is 4.97. The molecule has 0 bridgehead atoms. The van der Waals surface area contributed by atoms with Crippen LogP contribution in [0.25, 0.3) is 6.08 Å². The number of carboxylic acid groups (broad SMARTS) is 1. The molecule has 1 aromatic heterocycles. The number of carbonyl (C=O) groups is 1. The number of hydrogen-bond donors (Lipinski definition) is 0. The summed E-state index contributed by atoms with van der Waals surface area (Å²) in [6.45, 7) is 1.70. The molecule has 1 aromatic rings. The Morgan fingerprint density at radius 1 is 1.57 bits per heavy atom. The summed E-state index contributed by atoms with van der Waals surface area (Å²) < 4.78 is 0. The largest absolute Gasteiger partial charge is 0.545 e. The van der Waals surface area contributed by atoms with Gasteiger partial charge in [0.05, 0.1) is 5.97 Å². The predicted molar refractivity (Wildman–Crippen MR) is 52.0 cm³/mol. The Bertz CT molecular complexity index is 366. The number of aliphatic carboxylic acids is 1. The van der Waals surface area contributed by atoms with Crippen molar-refractivity contribution < 1.29 is 9.90 Å². The van der Waals surface area contributed by atoms with Gasteiger partial charge in [-0.1, -0.05) is 18.2 Å². The molecule has 0 N–H and O–H groups in total. The third-order valence-electron chi connectivity index (χ3n) is 1.57. The minimum atomic E-state index is -1.18. The summed E-state index contributed by atoms with van der Waals surface area (Å²) in [5.41, 5.74) is 1.56. The average Bonchev–Trinajstić information content (AvgIpc) is 2.15. The number of aromatic nitrogens is 1. The molecule has 0 aliphatic carbocycles.